The van der Waals surface area contributed by atoms with Crippen LogP contribution in [0.3, 0.4) is 0 Å². The molecule has 136 valence electrons. The second-order valence-electron chi connectivity index (χ2n) is 5.72. The Labute approximate surface area is 145 Å². The molecule has 0 radical (unpaired) electrons. The summed E-state index contributed by atoms with van der Waals surface area (Å²) in [6, 6.07) is 0. The summed E-state index contributed by atoms with van der Waals surface area (Å²) >= 11 is 0. The first kappa shape index (κ1) is 22.4. The van der Waals surface area contributed by atoms with Crippen LogP contribution >= 0.6 is 0 Å². The number of carbonyl (C=O) groups is 1. The van der Waals surface area contributed by atoms with Gasteiger partial charge in [0.05, 0.1) is 12.2 Å². The van der Waals surface area contributed by atoms with E-state index in [1.165, 1.54) is 0 Å². The number of carboxylic acids is 1. The lowest BCUT2D eigenvalue weighted by Crippen LogP contribution is -2.06. The van der Waals surface area contributed by atoms with Crippen LogP contribution in [-0.4, -0.2) is 33.5 Å². The summed E-state index contributed by atoms with van der Waals surface area (Å²) in [5, 5.41) is 27.5. The maximum Gasteiger partial charge on any atom is 0.303 e. The fraction of sp³-hybridized carbons (Fsp3) is 0.550. The molecule has 1 unspecified atom stereocenters. The van der Waals surface area contributed by atoms with E-state index in [-0.39, 0.29) is 12.5 Å². The Balaban J connectivity index is 3.59. The van der Waals surface area contributed by atoms with Gasteiger partial charge >= 0.3 is 5.97 Å². The average molecular weight is 336 g/mol. The van der Waals surface area contributed by atoms with Crippen molar-refractivity contribution in [3.63, 3.8) is 0 Å². The summed E-state index contributed by atoms with van der Waals surface area (Å²) in [6.45, 7) is 1.94. The van der Waals surface area contributed by atoms with Crippen molar-refractivity contribution in [2.75, 3.05) is 0 Å². The van der Waals surface area contributed by atoms with Crippen molar-refractivity contribution in [3.8, 4) is 0 Å². The van der Waals surface area contributed by atoms with E-state index in [9.17, 15) is 15.0 Å². The van der Waals surface area contributed by atoms with Gasteiger partial charge in [0.2, 0.25) is 0 Å². The van der Waals surface area contributed by atoms with E-state index in [1.807, 2.05) is 25.2 Å². The molecule has 0 aromatic heterocycles. The quantitative estimate of drug-likeness (QED) is 0.329. The minimum atomic E-state index is -0.807. The second kappa shape index (κ2) is 16.2. The Morgan fingerprint density at radius 2 is 1.62 bits per heavy atom. The van der Waals surface area contributed by atoms with Gasteiger partial charge in [0.1, 0.15) is 0 Å². The molecule has 0 aliphatic rings. The van der Waals surface area contributed by atoms with Crippen molar-refractivity contribution in [1.82, 2.24) is 0 Å². The third-order valence-corrected chi connectivity index (χ3v) is 3.47. The van der Waals surface area contributed by atoms with E-state index in [0.717, 1.165) is 25.7 Å². The number of aliphatic carboxylic acids is 1. The largest absolute Gasteiger partial charge is 0.481 e. The Bertz CT molecular complexity index is 421. The first-order valence-corrected chi connectivity index (χ1v) is 8.77. The highest BCUT2D eigenvalue weighted by Crippen LogP contribution is 2.07. The predicted octanol–water partition coefficient (Wildman–Crippen LogP) is 4.16. The van der Waals surface area contributed by atoms with Crippen LogP contribution in [0.1, 0.15) is 58.3 Å². The summed E-state index contributed by atoms with van der Waals surface area (Å²) in [4.78, 5) is 10.4. The zero-order valence-electron chi connectivity index (χ0n) is 14.7. The zero-order valence-corrected chi connectivity index (χ0v) is 14.7. The van der Waals surface area contributed by atoms with Crippen LogP contribution in [0.15, 0.2) is 48.6 Å². The van der Waals surface area contributed by atoms with E-state index in [1.54, 1.807) is 6.08 Å². The summed E-state index contributed by atoms with van der Waals surface area (Å²) in [7, 11) is 0. The lowest BCUT2D eigenvalue weighted by atomic mass is 10.1. The molecule has 0 aromatic rings. The van der Waals surface area contributed by atoms with Crippen LogP contribution in [0.5, 0.6) is 0 Å². The number of aliphatic hydroxyl groups excluding tert-OH is 2. The average Bonchev–Trinajstić information content (AvgIpc) is 2.55. The third kappa shape index (κ3) is 16.7. The van der Waals surface area contributed by atoms with Gasteiger partial charge in [-0.05, 0) is 44.9 Å². The van der Waals surface area contributed by atoms with Gasteiger partial charge in [-0.15, -0.1) is 0 Å². The van der Waals surface area contributed by atoms with Crippen molar-refractivity contribution >= 4 is 5.97 Å². The third-order valence-electron chi connectivity index (χ3n) is 3.47. The van der Waals surface area contributed by atoms with Crippen molar-refractivity contribution in [3.05, 3.63) is 48.6 Å². The zero-order chi connectivity index (χ0) is 18.0. The first-order chi connectivity index (χ1) is 11.6. The van der Waals surface area contributed by atoms with Crippen LogP contribution in [-0.2, 0) is 4.79 Å². The topological polar surface area (TPSA) is 77.8 Å². The van der Waals surface area contributed by atoms with E-state index in [4.69, 9.17) is 5.11 Å². The minimum Gasteiger partial charge on any atom is -0.481 e. The Kier molecular flexibility index (Phi) is 15.1. The fourth-order valence-corrected chi connectivity index (χ4v) is 1.97. The number of hydrogen-bond acceptors (Lipinski definition) is 3. The van der Waals surface area contributed by atoms with E-state index in [0.29, 0.717) is 19.3 Å². The number of allylic oxidation sites excluding steroid dienone is 7. The normalized spacial score (nSPS) is 15.1. The first-order valence-electron chi connectivity index (χ1n) is 8.77. The molecule has 0 bridgehead atoms. The highest BCUT2D eigenvalue weighted by molar-refractivity contribution is 5.66. The molecule has 3 N–H and O–H groups in total. The number of hydrogen-bond donors (Lipinski definition) is 3. The molecule has 0 saturated carbocycles. The van der Waals surface area contributed by atoms with Gasteiger partial charge in [0.25, 0.3) is 0 Å². The fourth-order valence-electron chi connectivity index (χ4n) is 1.97. The van der Waals surface area contributed by atoms with Gasteiger partial charge in [-0.2, -0.15) is 0 Å². The molecular weight excluding hydrogens is 304 g/mol. The number of rotatable bonds is 14. The van der Waals surface area contributed by atoms with Crippen LogP contribution in [0.2, 0.25) is 0 Å². The van der Waals surface area contributed by atoms with E-state index < -0.39 is 12.1 Å². The summed E-state index contributed by atoms with van der Waals surface area (Å²) in [6.07, 6.45) is 20.3. The van der Waals surface area contributed by atoms with Crippen molar-refractivity contribution in [1.29, 1.82) is 0 Å². The molecule has 24 heavy (non-hydrogen) atoms. The maximum absolute atomic E-state index is 10.4. The molecule has 0 rings (SSSR count). The standard InChI is InChI=1S/C20H32O4/c1-2-18(21)14-11-9-7-5-3-4-6-8-10-12-15-19(22)16-13-17-20(23)24/h3-4,7-11,14,18-19,21-22H,2,5-6,12-13,15-17H2,1H3,(H,23,24)/t18?,19-/m1/s1. The lowest BCUT2D eigenvalue weighted by molar-refractivity contribution is -0.137. The summed E-state index contributed by atoms with van der Waals surface area (Å²) in [5.74, 6) is -0.807. The highest BCUT2D eigenvalue weighted by Gasteiger charge is 2.04. The Morgan fingerprint density at radius 3 is 2.29 bits per heavy atom. The molecular formula is C20H32O4. The van der Waals surface area contributed by atoms with Crippen molar-refractivity contribution < 1.29 is 20.1 Å². The molecule has 0 spiro atoms. The lowest BCUT2D eigenvalue weighted by Gasteiger charge is -2.07. The highest BCUT2D eigenvalue weighted by atomic mass is 16.4. The molecule has 4 heteroatoms. The molecule has 0 aromatic carbocycles. The Morgan fingerprint density at radius 1 is 0.958 bits per heavy atom. The molecule has 4 nitrogen and oxygen atoms in total. The van der Waals surface area contributed by atoms with Gasteiger partial charge in [-0.3, -0.25) is 4.79 Å². The number of carboxylic acid groups (broad SMARTS) is 1. The van der Waals surface area contributed by atoms with Gasteiger partial charge in [0.15, 0.2) is 0 Å². The summed E-state index contributed by atoms with van der Waals surface area (Å²) in [5.41, 5.74) is 0. The molecule has 0 fully saturated rings. The van der Waals surface area contributed by atoms with Gasteiger partial charge in [0, 0.05) is 6.42 Å². The summed E-state index contributed by atoms with van der Waals surface area (Å²) < 4.78 is 0. The second-order valence-corrected chi connectivity index (χ2v) is 5.72. The van der Waals surface area contributed by atoms with Crippen LogP contribution in [0, 0.1) is 0 Å². The predicted molar refractivity (Wildman–Crippen MR) is 98.8 cm³/mol. The molecule has 0 saturated heterocycles. The van der Waals surface area contributed by atoms with Crippen LogP contribution < -0.4 is 0 Å². The monoisotopic (exact) mass is 336 g/mol. The molecule has 0 amide bonds. The van der Waals surface area contributed by atoms with Crippen molar-refractivity contribution in [2.24, 2.45) is 0 Å². The maximum atomic E-state index is 10.4. The number of aliphatic hydroxyl groups is 2. The molecule has 0 aliphatic carbocycles. The van der Waals surface area contributed by atoms with Gasteiger partial charge in [-0.1, -0.05) is 55.5 Å². The van der Waals surface area contributed by atoms with Crippen molar-refractivity contribution in [2.45, 2.75) is 70.5 Å². The molecule has 0 heterocycles. The molecule has 2 atom stereocenters. The molecule has 0 aliphatic heterocycles. The SMILES string of the molecule is CCC(O)C=CC=CCC=CCC=CCC[C@@H](O)CCCC(=O)O. The van der Waals surface area contributed by atoms with E-state index in [2.05, 4.69) is 24.3 Å². The van der Waals surface area contributed by atoms with Crippen LogP contribution in [0.4, 0.5) is 0 Å². The smallest absolute Gasteiger partial charge is 0.303 e. The minimum absolute atomic E-state index is 0.126. The van der Waals surface area contributed by atoms with E-state index >= 15 is 0 Å². The van der Waals surface area contributed by atoms with Crippen LogP contribution in [0.25, 0.3) is 0 Å². The van der Waals surface area contributed by atoms with Gasteiger partial charge < -0.3 is 15.3 Å². The Hall–Kier alpha value is -1.65. The van der Waals surface area contributed by atoms with Gasteiger partial charge in [-0.25, -0.2) is 0 Å².